The van der Waals surface area contributed by atoms with E-state index in [-0.39, 0.29) is 5.12 Å². The quantitative estimate of drug-likeness (QED) is 0.542. The Morgan fingerprint density at radius 2 is 2.50 bits per heavy atom. The third-order valence-electron chi connectivity index (χ3n) is 1.53. The minimum absolute atomic E-state index is 0.233. The molecule has 0 aliphatic heterocycles. The first kappa shape index (κ1) is 7.86. The maximum atomic E-state index is 10.6. The Balaban J connectivity index is 2.33. The first-order valence-corrected chi connectivity index (χ1v) is 4.51. The van der Waals surface area contributed by atoms with Gasteiger partial charge in [0.25, 0.3) is 0 Å². The minimum atomic E-state index is 0.233. The number of allylic oxidation sites excluding steroid dienone is 1. The maximum absolute atomic E-state index is 10.6. The van der Waals surface area contributed by atoms with Gasteiger partial charge in [-0.05, 0) is 19.3 Å². The van der Waals surface area contributed by atoms with Crippen molar-refractivity contribution in [2.45, 2.75) is 31.4 Å². The highest BCUT2D eigenvalue weighted by atomic mass is 32.2. The van der Waals surface area contributed by atoms with Crippen molar-refractivity contribution in [1.29, 1.82) is 0 Å². The summed E-state index contributed by atoms with van der Waals surface area (Å²) in [5, 5.41) is 0.697. The second kappa shape index (κ2) is 3.81. The van der Waals surface area contributed by atoms with Crippen molar-refractivity contribution in [1.82, 2.24) is 0 Å². The Kier molecular flexibility index (Phi) is 3.00. The van der Waals surface area contributed by atoms with Gasteiger partial charge in [0, 0.05) is 12.2 Å². The van der Waals surface area contributed by atoms with E-state index in [0.29, 0.717) is 5.25 Å². The number of rotatable bonds is 1. The number of hydrogen-bond acceptors (Lipinski definition) is 2. The largest absolute Gasteiger partial charge is 0.288 e. The van der Waals surface area contributed by atoms with E-state index in [2.05, 4.69) is 12.2 Å². The topological polar surface area (TPSA) is 17.1 Å². The van der Waals surface area contributed by atoms with Gasteiger partial charge in [-0.15, -0.1) is 0 Å². The van der Waals surface area contributed by atoms with Crippen molar-refractivity contribution in [3.05, 3.63) is 12.2 Å². The van der Waals surface area contributed by atoms with Crippen LogP contribution >= 0.6 is 11.8 Å². The Bertz CT molecular complexity index is 151. The highest BCUT2D eigenvalue weighted by Crippen LogP contribution is 2.23. The highest BCUT2D eigenvalue weighted by Gasteiger charge is 2.10. The van der Waals surface area contributed by atoms with Crippen LogP contribution in [0.2, 0.25) is 0 Å². The summed E-state index contributed by atoms with van der Waals surface area (Å²) in [5.74, 6) is 0. The van der Waals surface area contributed by atoms with Crippen LogP contribution in [0.1, 0.15) is 26.2 Å². The van der Waals surface area contributed by atoms with E-state index in [9.17, 15) is 4.79 Å². The van der Waals surface area contributed by atoms with E-state index in [1.807, 2.05) is 0 Å². The van der Waals surface area contributed by atoms with Crippen LogP contribution in [0.3, 0.4) is 0 Å². The predicted molar refractivity (Wildman–Crippen MR) is 45.1 cm³/mol. The average Bonchev–Trinajstić information content (AvgIpc) is 1.88. The SMILES string of the molecule is CC(=O)S[C@@H]1C=CCCC1. The van der Waals surface area contributed by atoms with Gasteiger partial charge >= 0.3 is 0 Å². The molecule has 1 aliphatic carbocycles. The van der Waals surface area contributed by atoms with E-state index in [1.165, 1.54) is 31.0 Å². The molecule has 0 saturated heterocycles. The molecule has 0 aromatic rings. The summed E-state index contributed by atoms with van der Waals surface area (Å²) in [5.41, 5.74) is 0. The van der Waals surface area contributed by atoms with E-state index < -0.39 is 0 Å². The summed E-state index contributed by atoms with van der Waals surface area (Å²) >= 11 is 1.45. The molecule has 0 saturated carbocycles. The van der Waals surface area contributed by atoms with Crippen molar-refractivity contribution in [2.24, 2.45) is 0 Å². The molecule has 2 heteroatoms. The molecular weight excluding hydrogens is 144 g/mol. The van der Waals surface area contributed by atoms with Crippen LogP contribution < -0.4 is 0 Å². The molecule has 56 valence electrons. The van der Waals surface area contributed by atoms with Gasteiger partial charge in [0.2, 0.25) is 0 Å². The van der Waals surface area contributed by atoms with Gasteiger partial charge < -0.3 is 0 Å². The highest BCUT2D eigenvalue weighted by molar-refractivity contribution is 8.14. The second-order valence-electron chi connectivity index (χ2n) is 2.51. The molecule has 1 aliphatic rings. The fourth-order valence-electron chi connectivity index (χ4n) is 1.09. The van der Waals surface area contributed by atoms with Gasteiger partial charge in [0.15, 0.2) is 5.12 Å². The summed E-state index contributed by atoms with van der Waals surface area (Å²) in [6, 6.07) is 0. The molecule has 0 aromatic carbocycles. The first-order valence-electron chi connectivity index (χ1n) is 3.63. The lowest BCUT2D eigenvalue weighted by molar-refractivity contribution is -0.109. The van der Waals surface area contributed by atoms with Crippen LogP contribution in [0.25, 0.3) is 0 Å². The van der Waals surface area contributed by atoms with Crippen LogP contribution in [-0.2, 0) is 4.79 Å². The van der Waals surface area contributed by atoms with Crippen LogP contribution in [0, 0.1) is 0 Å². The summed E-state index contributed by atoms with van der Waals surface area (Å²) in [4.78, 5) is 10.6. The molecule has 0 amide bonds. The Hall–Kier alpha value is -0.240. The molecule has 0 spiro atoms. The third-order valence-corrected chi connectivity index (χ3v) is 2.56. The number of hydrogen-bond donors (Lipinski definition) is 0. The van der Waals surface area contributed by atoms with Crippen LogP contribution in [0.5, 0.6) is 0 Å². The number of thioether (sulfide) groups is 1. The Labute approximate surface area is 65.9 Å². The van der Waals surface area contributed by atoms with Crippen LogP contribution in [0.4, 0.5) is 0 Å². The lowest BCUT2D eigenvalue weighted by Crippen LogP contribution is -2.04. The van der Waals surface area contributed by atoms with Gasteiger partial charge in [0.1, 0.15) is 0 Å². The third kappa shape index (κ3) is 2.56. The monoisotopic (exact) mass is 156 g/mol. The Morgan fingerprint density at radius 1 is 1.70 bits per heavy atom. The van der Waals surface area contributed by atoms with Crippen LogP contribution in [-0.4, -0.2) is 10.4 Å². The number of carbonyl (C=O) groups excluding carboxylic acids is 1. The molecule has 0 bridgehead atoms. The fraction of sp³-hybridized carbons (Fsp3) is 0.625. The summed E-state index contributed by atoms with van der Waals surface area (Å²) in [6.07, 6.45) is 7.91. The van der Waals surface area contributed by atoms with Gasteiger partial charge in [-0.1, -0.05) is 23.9 Å². The minimum Gasteiger partial charge on any atom is -0.288 e. The fourth-order valence-corrected chi connectivity index (χ4v) is 1.99. The molecular formula is C8H12OS. The van der Waals surface area contributed by atoms with Crippen molar-refractivity contribution in [3.63, 3.8) is 0 Å². The average molecular weight is 156 g/mol. The lowest BCUT2D eigenvalue weighted by atomic mass is 10.1. The molecule has 0 radical (unpaired) electrons. The molecule has 0 fully saturated rings. The summed E-state index contributed by atoms with van der Waals surface area (Å²) < 4.78 is 0. The molecule has 0 aromatic heterocycles. The molecule has 0 N–H and O–H groups in total. The normalized spacial score (nSPS) is 24.7. The van der Waals surface area contributed by atoms with Gasteiger partial charge in [-0.25, -0.2) is 0 Å². The molecule has 0 heterocycles. The zero-order valence-corrected chi connectivity index (χ0v) is 6.99. The molecule has 1 nitrogen and oxygen atoms in total. The predicted octanol–water partition coefficient (Wildman–Crippen LogP) is 2.37. The van der Waals surface area contributed by atoms with E-state index in [0.717, 1.165) is 0 Å². The smallest absolute Gasteiger partial charge is 0.186 e. The Morgan fingerprint density at radius 3 is 3.00 bits per heavy atom. The lowest BCUT2D eigenvalue weighted by Gasteiger charge is -2.12. The van der Waals surface area contributed by atoms with Gasteiger partial charge in [-0.2, -0.15) is 0 Å². The van der Waals surface area contributed by atoms with E-state index >= 15 is 0 Å². The van der Waals surface area contributed by atoms with Crippen molar-refractivity contribution < 1.29 is 4.79 Å². The maximum Gasteiger partial charge on any atom is 0.186 e. The summed E-state index contributed by atoms with van der Waals surface area (Å²) in [6.45, 7) is 1.63. The zero-order chi connectivity index (χ0) is 7.40. The van der Waals surface area contributed by atoms with Gasteiger partial charge in [0.05, 0.1) is 0 Å². The van der Waals surface area contributed by atoms with Gasteiger partial charge in [-0.3, -0.25) is 4.79 Å². The second-order valence-corrected chi connectivity index (χ2v) is 3.92. The number of carbonyl (C=O) groups is 1. The molecule has 1 rings (SSSR count). The zero-order valence-electron chi connectivity index (χ0n) is 6.17. The summed E-state index contributed by atoms with van der Waals surface area (Å²) in [7, 11) is 0. The van der Waals surface area contributed by atoms with Crippen molar-refractivity contribution in [3.8, 4) is 0 Å². The van der Waals surface area contributed by atoms with Crippen LogP contribution in [0.15, 0.2) is 12.2 Å². The van der Waals surface area contributed by atoms with Crippen molar-refractivity contribution in [2.75, 3.05) is 0 Å². The van der Waals surface area contributed by atoms with Crippen molar-refractivity contribution >= 4 is 16.9 Å². The molecule has 10 heavy (non-hydrogen) atoms. The first-order chi connectivity index (χ1) is 4.79. The van der Waals surface area contributed by atoms with E-state index in [1.54, 1.807) is 6.92 Å². The molecule has 1 atom stereocenters. The van der Waals surface area contributed by atoms with E-state index in [4.69, 9.17) is 0 Å². The standard InChI is InChI=1S/C8H12OS/c1-7(9)10-8-5-3-2-4-6-8/h3,5,8H,2,4,6H2,1H3/t8-/m1/s1. The molecule has 0 unspecified atom stereocenters.